The molecule has 0 bridgehead atoms. The largest absolute Gasteiger partial charge is 0.494 e. The number of nitrogens with zero attached hydrogens (tertiary/aromatic N) is 2. The van der Waals surface area contributed by atoms with Gasteiger partial charge < -0.3 is 15.0 Å². The van der Waals surface area contributed by atoms with Gasteiger partial charge in [-0.3, -0.25) is 14.5 Å². The molecule has 29 heavy (non-hydrogen) atoms. The van der Waals surface area contributed by atoms with Gasteiger partial charge in [0.2, 0.25) is 11.8 Å². The number of piperazine rings is 1. The number of benzene rings is 1. The van der Waals surface area contributed by atoms with Crippen LogP contribution < -0.4 is 10.1 Å². The Kier molecular flexibility index (Phi) is 8.35. The Balaban J connectivity index is 1.34. The molecule has 1 aliphatic carbocycles. The minimum Gasteiger partial charge on any atom is -0.494 e. The Morgan fingerprint density at radius 3 is 2.38 bits per heavy atom. The van der Waals surface area contributed by atoms with Crippen LogP contribution in [0, 0.1) is 5.92 Å². The van der Waals surface area contributed by atoms with E-state index in [1.165, 1.54) is 24.8 Å². The summed E-state index contributed by atoms with van der Waals surface area (Å²) in [5.41, 5.74) is 1.25. The summed E-state index contributed by atoms with van der Waals surface area (Å²) in [5, 5.41) is 2.84. The number of nitrogens with one attached hydrogen (secondary N) is 1. The molecule has 1 aromatic carbocycles. The van der Waals surface area contributed by atoms with Crippen LogP contribution in [0.3, 0.4) is 0 Å². The fourth-order valence-corrected chi connectivity index (χ4v) is 4.28. The van der Waals surface area contributed by atoms with E-state index in [2.05, 4.69) is 22.3 Å². The Hall–Kier alpha value is -2.08. The molecule has 2 amide bonds. The summed E-state index contributed by atoms with van der Waals surface area (Å²) in [4.78, 5) is 28.8. The Bertz CT molecular complexity index is 648. The minimum absolute atomic E-state index is 0.0272. The van der Waals surface area contributed by atoms with E-state index in [9.17, 15) is 9.59 Å². The number of ether oxygens (including phenoxy) is 1. The second kappa shape index (κ2) is 11.2. The number of hydrogen-bond acceptors (Lipinski definition) is 4. The average Bonchev–Trinajstić information content (AvgIpc) is 2.75. The highest BCUT2D eigenvalue weighted by Gasteiger charge is 2.22. The first-order valence-electron chi connectivity index (χ1n) is 11.1. The second-order valence-corrected chi connectivity index (χ2v) is 8.22. The summed E-state index contributed by atoms with van der Waals surface area (Å²) < 4.78 is 5.49. The fraction of sp³-hybridized carbons (Fsp3) is 0.652. The van der Waals surface area contributed by atoms with Gasteiger partial charge in [0.25, 0.3) is 0 Å². The zero-order valence-corrected chi connectivity index (χ0v) is 17.7. The second-order valence-electron chi connectivity index (χ2n) is 8.22. The van der Waals surface area contributed by atoms with Crippen LogP contribution in [-0.2, 0) is 16.1 Å². The molecule has 0 aromatic heterocycles. The standard InChI is InChI=1S/C23H35N3O3/c1-2-29-21-10-8-20(9-11-21)18-25-12-14-26(15-13-25)23(28)17-24-22(27)16-19-6-4-3-5-7-19/h8-11,19H,2-7,12-18H2,1H3,(H,24,27). The van der Waals surface area contributed by atoms with Crippen LogP contribution >= 0.6 is 0 Å². The number of carbonyl (C=O) groups is 2. The molecule has 1 N–H and O–H groups in total. The van der Waals surface area contributed by atoms with Crippen molar-refractivity contribution in [1.29, 1.82) is 0 Å². The van der Waals surface area contributed by atoms with Crippen molar-refractivity contribution in [3.05, 3.63) is 29.8 Å². The summed E-state index contributed by atoms with van der Waals surface area (Å²) in [6.45, 7) is 6.82. The van der Waals surface area contributed by atoms with Gasteiger partial charge in [0.15, 0.2) is 0 Å². The van der Waals surface area contributed by atoms with Crippen LogP contribution in [0.1, 0.15) is 51.0 Å². The van der Waals surface area contributed by atoms with Crippen LogP contribution in [0.2, 0.25) is 0 Å². The zero-order chi connectivity index (χ0) is 20.5. The quantitative estimate of drug-likeness (QED) is 0.728. The van der Waals surface area contributed by atoms with E-state index in [1.807, 2.05) is 24.0 Å². The van der Waals surface area contributed by atoms with Crippen molar-refractivity contribution >= 4 is 11.8 Å². The van der Waals surface area contributed by atoms with Crippen molar-refractivity contribution in [2.75, 3.05) is 39.3 Å². The number of amides is 2. The molecule has 0 atom stereocenters. The van der Waals surface area contributed by atoms with Crippen LogP contribution in [0.15, 0.2) is 24.3 Å². The molecule has 6 heteroatoms. The van der Waals surface area contributed by atoms with Crippen molar-refractivity contribution in [2.24, 2.45) is 5.92 Å². The van der Waals surface area contributed by atoms with Gasteiger partial charge >= 0.3 is 0 Å². The molecule has 2 fully saturated rings. The molecular weight excluding hydrogens is 366 g/mol. The minimum atomic E-state index is 0.0272. The molecule has 2 aliphatic rings. The van der Waals surface area contributed by atoms with E-state index in [0.29, 0.717) is 32.0 Å². The third-order valence-electron chi connectivity index (χ3n) is 6.00. The smallest absolute Gasteiger partial charge is 0.242 e. The highest BCUT2D eigenvalue weighted by Crippen LogP contribution is 2.26. The summed E-state index contributed by atoms with van der Waals surface area (Å²) >= 11 is 0. The van der Waals surface area contributed by atoms with Crippen molar-refractivity contribution < 1.29 is 14.3 Å². The zero-order valence-electron chi connectivity index (χ0n) is 17.7. The number of hydrogen-bond donors (Lipinski definition) is 1. The SMILES string of the molecule is CCOc1ccc(CN2CCN(C(=O)CNC(=O)CC3CCCCC3)CC2)cc1. The Morgan fingerprint density at radius 2 is 1.72 bits per heavy atom. The van der Waals surface area contributed by atoms with E-state index in [0.717, 1.165) is 38.2 Å². The van der Waals surface area contributed by atoms with Crippen molar-refractivity contribution in [3.8, 4) is 5.75 Å². The van der Waals surface area contributed by atoms with Crippen LogP contribution in [0.25, 0.3) is 0 Å². The van der Waals surface area contributed by atoms with Gasteiger partial charge in [-0.05, 0) is 43.4 Å². The van der Waals surface area contributed by atoms with E-state index < -0.39 is 0 Å². The number of rotatable bonds is 8. The monoisotopic (exact) mass is 401 g/mol. The molecule has 0 radical (unpaired) electrons. The molecule has 1 saturated heterocycles. The molecule has 1 aliphatic heterocycles. The van der Waals surface area contributed by atoms with Crippen molar-refractivity contribution in [1.82, 2.24) is 15.1 Å². The lowest BCUT2D eigenvalue weighted by Gasteiger charge is -2.34. The Labute approximate surface area is 174 Å². The molecule has 0 spiro atoms. The molecule has 3 rings (SSSR count). The first kappa shape index (κ1) is 21.6. The fourth-order valence-electron chi connectivity index (χ4n) is 4.28. The summed E-state index contributed by atoms with van der Waals surface area (Å²) in [6, 6.07) is 8.22. The molecule has 0 unspecified atom stereocenters. The van der Waals surface area contributed by atoms with Gasteiger partial charge in [-0.25, -0.2) is 0 Å². The lowest BCUT2D eigenvalue weighted by atomic mass is 9.87. The molecule has 6 nitrogen and oxygen atoms in total. The van der Waals surface area contributed by atoms with Gasteiger partial charge in [-0.15, -0.1) is 0 Å². The normalized spacial score (nSPS) is 18.4. The van der Waals surface area contributed by atoms with Crippen LogP contribution in [-0.4, -0.2) is 60.9 Å². The lowest BCUT2D eigenvalue weighted by molar-refractivity contribution is -0.134. The van der Waals surface area contributed by atoms with Crippen molar-refractivity contribution in [2.45, 2.75) is 52.0 Å². The maximum Gasteiger partial charge on any atom is 0.242 e. The molecule has 1 heterocycles. The van der Waals surface area contributed by atoms with Crippen molar-refractivity contribution in [3.63, 3.8) is 0 Å². The van der Waals surface area contributed by atoms with Gasteiger partial charge in [0.1, 0.15) is 5.75 Å². The Morgan fingerprint density at radius 1 is 1.03 bits per heavy atom. The molecular formula is C23H35N3O3. The van der Waals surface area contributed by atoms with E-state index in [1.54, 1.807) is 0 Å². The summed E-state index contributed by atoms with van der Waals surface area (Å²) in [6.07, 6.45) is 6.63. The predicted molar refractivity (Wildman–Crippen MR) is 114 cm³/mol. The van der Waals surface area contributed by atoms with Gasteiger partial charge in [-0.1, -0.05) is 31.4 Å². The predicted octanol–water partition coefficient (Wildman–Crippen LogP) is 2.82. The average molecular weight is 402 g/mol. The maximum absolute atomic E-state index is 12.4. The lowest BCUT2D eigenvalue weighted by Crippen LogP contribution is -2.50. The van der Waals surface area contributed by atoms with E-state index in [4.69, 9.17) is 4.74 Å². The first-order valence-corrected chi connectivity index (χ1v) is 11.1. The first-order chi connectivity index (χ1) is 14.1. The number of carbonyl (C=O) groups excluding carboxylic acids is 2. The van der Waals surface area contributed by atoms with Crippen LogP contribution in [0.4, 0.5) is 0 Å². The molecule has 1 aromatic rings. The van der Waals surface area contributed by atoms with Gasteiger partial charge in [0.05, 0.1) is 13.2 Å². The third kappa shape index (κ3) is 7.03. The van der Waals surface area contributed by atoms with Gasteiger partial charge in [-0.2, -0.15) is 0 Å². The van der Waals surface area contributed by atoms with Gasteiger partial charge in [0, 0.05) is 39.1 Å². The third-order valence-corrected chi connectivity index (χ3v) is 6.00. The van der Waals surface area contributed by atoms with E-state index >= 15 is 0 Å². The summed E-state index contributed by atoms with van der Waals surface area (Å²) in [5.74, 6) is 1.46. The highest BCUT2D eigenvalue weighted by atomic mass is 16.5. The topological polar surface area (TPSA) is 61.9 Å². The highest BCUT2D eigenvalue weighted by molar-refractivity contribution is 5.84. The molecule has 160 valence electrons. The van der Waals surface area contributed by atoms with E-state index in [-0.39, 0.29) is 18.4 Å². The van der Waals surface area contributed by atoms with Crippen LogP contribution in [0.5, 0.6) is 5.75 Å². The maximum atomic E-state index is 12.4. The summed E-state index contributed by atoms with van der Waals surface area (Å²) in [7, 11) is 0. The molecule has 1 saturated carbocycles.